The molecule has 0 aromatic rings. The second-order valence-electron chi connectivity index (χ2n) is 16.9. The van der Waals surface area contributed by atoms with Crippen LogP contribution in [0.1, 0.15) is 103 Å². The van der Waals surface area contributed by atoms with Crippen molar-refractivity contribution in [1.29, 1.82) is 0 Å². The molecule has 12 heteroatoms. The van der Waals surface area contributed by atoms with Gasteiger partial charge in [-0.3, -0.25) is 9.59 Å². The molecule has 2 aliphatic heterocycles. The number of carbonyl (C=O) groups excluding carboxylic acids is 2. The predicted molar refractivity (Wildman–Crippen MR) is 186 cm³/mol. The largest absolute Gasteiger partial charge is 0.469 e. The van der Waals surface area contributed by atoms with Gasteiger partial charge in [-0.1, -0.05) is 48.5 Å². The zero-order valence-corrected chi connectivity index (χ0v) is 34.1. The van der Waals surface area contributed by atoms with Crippen molar-refractivity contribution in [2.75, 3.05) is 21.0 Å². The number of aliphatic hydroxyl groups excluding tert-OH is 1. The fraction of sp³-hybridized carbons (Fsp3) is 0.944. The van der Waals surface area contributed by atoms with Crippen LogP contribution in [-0.4, -0.2) is 99.5 Å². The van der Waals surface area contributed by atoms with E-state index in [0.29, 0.717) is 6.42 Å². The summed E-state index contributed by atoms with van der Waals surface area (Å²) in [5.74, 6) is -5.28. The molecule has 2 aliphatic rings. The third-order valence-electron chi connectivity index (χ3n) is 11.0. The Morgan fingerprint density at radius 3 is 1.81 bits per heavy atom. The molecular formula is C36H68O11Si. The topological polar surface area (TPSA) is 128 Å². The van der Waals surface area contributed by atoms with Crippen LogP contribution in [0.25, 0.3) is 0 Å². The Balaban J connectivity index is 2.51. The summed E-state index contributed by atoms with van der Waals surface area (Å²) in [6.07, 6.45) is -3.10. The average Bonchev–Trinajstić information content (AvgIpc) is 3.39. The lowest BCUT2D eigenvalue weighted by Crippen LogP contribution is -2.59. The fourth-order valence-electron chi connectivity index (χ4n) is 7.50. The van der Waals surface area contributed by atoms with Crippen LogP contribution in [0.4, 0.5) is 0 Å². The van der Waals surface area contributed by atoms with E-state index in [1.807, 2.05) is 41.5 Å². The van der Waals surface area contributed by atoms with Gasteiger partial charge in [0.25, 0.3) is 0 Å². The number of methoxy groups -OCH3 is 2. The van der Waals surface area contributed by atoms with E-state index in [0.717, 1.165) is 0 Å². The maximum absolute atomic E-state index is 14.4. The number of esters is 1. The van der Waals surface area contributed by atoms with Gasteiger partial charge in [0.2, 0.25) is 0 Å². The number of ether oxygens (including phenoxy) is 7. The van der Waals surface area contributed by atoms with E-state index in [1.165, 1.54) is 7.11 Å². The Labute approximate surface area is 291 Å². The lowest BCUT2D eigenvalue weighted by molar-refractivity contribution is -0.201. The highest BCUT2D eigenvalue weighted by Gasteiger charge is 2.62. The molecule has 0 bridgehead atoms. The molecule has 0 unspecified atom stereocenters. The van der Waals surface area contributed by atoms with Gasteiger partial charge in [-0.25, -0.2) is 0 Å². The van der Waals surface area contributed by atoms with Crippen LogP contribution in [0.5, 0.6) is 0 Å². The summed E-state index contributed by atoms with van der Waals surface area (Å²) in [6, 6.07) is 0. The second kappa shape index (κ2) is 15.3. The zero-order chi connectivity index (χ0) is 37.4. The van der Waals surface area contributed by atoms with E-state index in [9.17, 15) is 14.7 Å². The van der Waals surface area contributed by atoms with E-state index in [4.69, 9.17) is 37.6 Å². The van der Waals surface area contributed by atoms with Crippen LogP contribution in [0.2, 0.25) is 18.1 Å². The minimum Gasteiger partial charge on any atom is -0.469 e. The summed E-state index contributed by atoms with van der Waals surface area (Å²) in [7, 11) is 0.529. The SMILES string of the molecule is CC[C@@H](OCOC)[C@@]1(C)OC(C)(C)O[C@@H]1[C@@H](C)C(=O)[C@H](C)[C@@H](O)[C@@]1(C)OC(C)(C)O[C@@H]1[C@@H](C)[C@H](O[Si](C)(C)C(C)(C)C)[C@@H](C)C(=O)OC. The van der Waals surface area contributed by atoms with Crippen molar-refractivity contribution in [2.45, 2.75) is 175 Å². The lowest BCUT2D eigenvalue weighted by Gasteiger charge is -2.46. The number of aliphatic hydroxyl groups is 1. The Morgan fingerprint density at radius 2 is 1.35 bits per heavy atom. The van der Waals surface area contributed by atoms with Crippen LogP contribution in [0, 0.1) is 23.7 Å². The van der Waals surface area contributed by atoms with E-state index < -0.39 is 91.3 Å². The zero-order valence-electron chi connectivity index (χ0n) is 33.1. The van der Waals surface area contributed by atoms with Crippen molar-refractivity contribution in [1.82, 2.24) is 0 Å². The van der Waals surface area contributed by atoms with Crippen LogP contribution >= 0.6 is 0 Å². The molecule has 11 nitrogen and oxygen atoms in total. The number of Topliss-reactive ketones (excluding diaryl/α,β-unsaturated/α-hetero) is 1. The summed E-state index contributed by atoms with van der Waals surface area (Å²) in [6.45, 7) is 30.9. The van der Waals surface area contributed by atoms with Gasteiger partial charge in [-0.05, 0) is 73.0 Å². The van der Waals surface area contributed by atoms with Gasteiger partial charge < -0.3 is 42.7 Å². The molecule has 2 heterocycles. The molecule has 0 aromatic carbocycles. The minimum absolute atomic E-state index is 0.0713. The Kier molecular flexibility index (Phi) is 13.8. The fourth-order valence-corrected chi connectivity index (χ4v) is 8.96. The van der Waals surface area contributed by atoms with Gasteiger partial charge in [0.1, 0.15) is 29.9 Å². The normalized spacial score (nSPS) is 31.8. The van der Waals surface area contributed by atoms with Crippen molar-refractivity contribution in [2.24, 2.45) is 23.7 Å². The van der Waals surface area contributed by atoms with Crippen molar-refractivity contribution < 1.29 is 52.3 Å². The molecule has 2 rings (SSSR count). The van der Waals surface area contributed by atoms with Gasteiger partial charge in [-0.15, -0.1) is 0 Å². The summed E-state index contributed by atoms with van der Waals surface area (Å²) < 4.78 is 49.2. The first-order chi connectivity index (χ1) is 21.7. The summed E-state index contributed by atoms with van der Waals surface area (Å²) >= 11 is 0. The number of hydrogen-bond acceptors (Lipinski definition) is 11. The Hall–Kier alpha value is -0.963. The first kappa shape index (κ1) is 43.2. The van der Waals surface area contributed by atoms with Gasteiger partial charge >= 0.3 is 5.97 Å². The molecule has 0 aromatic heterocycles. The number of ketones is 1. The highest BCUT2D eigenvalue weighted by atomic mass is 28.4. The molecule has 0 amide bonds. The van der Waals surface area contributed by atoms with Gasteiger partial charge in [0.05, 0.1) is 37.4 Å². The van der Waals surface area contributed by atoms with E-state index in [-0.39, 0.29) is 17.6 Å². The molecule has 2 fully saturated rings. The highest BCUT2D eigenvalue weighted by molar-refractivity contribution is 6.74. The number of rotatable bonds is 16. The van der Waals surface area contributed by atoms with Gasteiger partial charge in [0.15, 0.2) is 19.9 Å². The lowest BCUT2D eigenvalue weighted by atomic mass is 9.73. The first-order valence-electron chi connectivity index (χ1n) is 17.5. The van der Waals surface area contributed by atoms with E-state index >= 15 is 0 Å². The Morgan fingerprint density at radius 1 is 0.854 bits per heavy atom. The van der Waals surface area contributed by atoms with Gasteiger partial charge in [0, 0.05) is 24.9 Å². The van der Waals surface area contributed by atoms with Crippen LogP contribution in [0.15, 0.2) is 0 Å². The van der Waals surface area contributed by atoms with Crippen molar-refractivity contribution in [3.8, 4) is 0 Å². The Bertz CT molecular complexity index is 1100. The maximum atomic E-state index is 14.4. The number of carbonyl (C=O) groups is 2. The molecule has 48 heavy (non-hydrogen) atoms. The first-order valence-corrected chi connectivity index (χ1v) is 20.4. The van der Waals surface area contributed by atoms with Gasteiger partial charge in [-0.2, -0.15) is 0 Å². The molecule has 11 atom stereocenters. The quantitative estimate of drug-likeness (QED) is 0.111. The van der Waals surface area contributed by atoms with Crippen LogP contribution in [-0.2, 0) is 47.2 Å². The van der Waals surface area contributed by atoms with E-state index in [2.05, 4.69) is 33.9 Å². The molecule has 0 radical (unpaired) electrons. The van der Waals surface area contributed by atoms with Crippen molar-refractivity contribution in [3.05, 3.63) is 0 Å². The predicted octanol–water partition coefficient (Wildman–Crippen LogP) is 6.24. The molecule has 1 N–H and O–H groups in total. The smallest absolute Gasteiger partial charge is 0.310 e. The summed E-state index contributed by atoms with van der Waals surface area (Å²) in [4.78, 5) is 27.3. The summed E-state index contributed by atoms with van der Waals surface area (Å²) in [5, 5.41) is 12.0. The maximum Gasteiger partial charge on any atom is 0.310 e. The standard InChI is InChI=1S/C36H68O11Si/c1-19-25(42-20-40-15)35(13)29(43-33(9,10)46-35)22(3)26(37)21(2)28(38)36(14)30(44-34(11,12)47-36)23(4)27(24(5)31(39)41-16)45-48(17,18)32(6,7)8/h21-25,27-30,38H,19-20H2,1-18H3/t21-,22-,23-,24+,25+,27-,28+,29+,30+,35+,36+/m0/s1. The monoisotopic (exact) mass is 704 g/mol. The van der Waals surface area contributed by atoms with E-state index in [1.54, 1.807) is 41.7 Å². The average molecular weight is 705 g/mol. The van der Waals surface area contributed by atoms with Crippen LogP contribution < -0.4 is 0 Å². The second-order valence-corrected chi connectivity index (χ2v) is 21.6. The third-order valence-corrected chi connectivity index (χ3v) is 15.5. The molecular weight excluding hydrogens is 636 g/mol. The molecule has 0 spiro atoms. The molecule has 282 valence electrons. The number of hydrogen-bond donors (Lipinski definition) is 1. The third kappa shape index (κ3) is 8.90. The van der Waals surface area contributed by atoms with Crippen LogP contribution in [0.3, 0.4) is 0 Å². The van der Waals surface area contributed by atoms with Crippen molar-refractivity contribution >= 4 is 20.1 Å². The highest BCUT2D eigenvalue weighted by Crippen LogP contribution is 2.49. The molecule has 2 saturated heterocycles. The molecule has 0 aliphatic carbocycles. The minimum atomic E-state index is -2.39. The molecule has 0 saturated carbocycles. The summed E-state index contributed by atoms with van der Waals surface area (Å²) in [5.41, 5.74) is -2.31. The van der Waals surface area contributed by atoms with Crippen molar-refractivity contribution in [3.63, 3.8) is 0 Å².